The van der Waals surface area contributed by atoms with Crippen LogP contribution in [0.15, 0.2) is 93.9 Å². The number of nitrogens with zero attached hydrogens (tertiary/aromatic N) is 2. The summed E-state index contributed by atoms with van der Waals surface area (Å²) in [6.07, 6.45) is 10.2. The highest BCUT2D eigenvalue weighted by atomic mass is 32.2. The number of unbranched alkanes of at least 4 members (excludes halogenated alkanes) is 2. The van der Waals surface area contributed by atoms with Gasteiger partial charge in [-0.2, -0.15) is 38.2 Å². The van der Waals surface area contributed by atoms with Crippen LogP contribution in [0.2, 0.25) is 0 Å². The first-order valence-corrected chi connectivity index (χ1v) is 25.6. The fourth-order valence-electron chi connectivity index (χ4n) is 9.08. The largest absolute Gasteiger partial charge is 0.344 e. The number of hydrogen-bond acceptors (Lipinski definition) is 9. The van der Waals surface area contributed by atoms with Crippen LogP contribution >= 0.6 is 0 Å². The normalized spacial score (nSPS) is 20.9. The minimum absolute atomic E-state index is 0.160. The molecule has 6 rings (SSSR count). The maximum absolute atomic E-state index is 12.9. The van der Waals surface area contributed by atoms with Gasteiger partial charge in [0.15, 0.2) is 5.71 Å². The second-order valence-corrected chi connectivity index (χ2v) is 22.5. The van der Waals surface area contributed by atoms with Crippen LogP contribution in [0, 0.1) is 13.8 Å². The van der Waals surface area contributed by atoms with E-state index in [0.717, 1.165) is 51.2 Å². The molecule has 0 spiro atoms. The molecule has 0 saturated heterocycles. The van der Waals surface area contributed by atoms with Crippen LogP contribution in [0.4, 0.5) is 11.4 Å². The molecule has 0 radical (unpaired) electrons. The van der Waals surface area contributed by atoms with Crippen LogP contribution in [0.1, 0.15) is 81.5 Å². The highest BCUT2D eigenvalue weighted by Crippen LogP contribution is 2.52. The fraction of sp³-hybridized carbons (Fsp3) is 0.405. The van der Waals surface area contributed by atoms with Gasteiger partial charge in [-0.25, -0.2) is 0 Å². The predicted octanol–water partition coefficient (Wildman–Crippen LogP) is 7.13. The van der Waals surface area contributed by atoms with Crippen LogP contribution in [0.3, 0.4) is 0 Å². The maximum atomic E-state index is 12.9. The van der Waals surface area contributed by atoms with Crippen molar-refractivity contribution in [1.29, 1.82) is 0 Å². The van der Waals surface area contributed by atoms with E-state index in [1.807, 2.05) is 43.9 Å². The Morgan fingerprint density at radius 3 is 2.12 bits per heavy atom. The molecule has 14 nitrogen and oxygen atoms in total. The van der Waals surface area contributed by atoms with Crippen molar-refractivity contribution in [1.82, 2.24) is 0 Å². The van der Waals surface area contributed by atoms with Crippen molar-refractivity contribution in [2.45, 2.75) is 88.9 Å². The molecule has 3 aromatic carbocycles. The SMILES string of the molecule is Cc1ccc2c(c1)C1(C)CC\C(=C/C=C(/C=C/C=C3\N(CCCCS(=O)(=O)O)c4ccc5cc(S(=O)(=O)O)cc(C)c5c4C3(C)C)S(=O)(=O)O)C1=[N+]2CCCCS(=O)(=O)O. The van der Waals surface area contributed by atoms with Crippen LogP contribution < -0.4 is 4.90 Å². The molecule has 0 bridgehead atoms. The van der Waals surface area contributed by atoms with Gasteiger partial charge < -0.3 is 4.90 Å². The quantitative estimate of drug-likeness (QED) is 0.0517. The Bertz CT molecular complexity index is 2890. The molecule has 1 atom stereocenters. The Labute approximate surface area is 352 Å². The summed E-state index contributed by atoms with van der Waals surface area (Å²) in [5.74, 6) is -0.790. The van der Waals surface area contributed by atoms with Gasteiger partial charge in [0.25, 0.3) is 40.5 Å². The summed E-state index contributed by atoms with van der Waals surface area (Å²) in [6.45, 7) is 10.6. The molecule has 324 valence electrons. The van der Waals surface area contributed by atoms with E-state index in [2.05, 4.69) is 17.6 Å². The molecular formula is C42H51N2O12S4+. The smallest absolute Gasteiger partial charge is 0.294 e. The Hall–Kier alpha value is -4.01. The molecule has 1 unspecified atom stereocenters. The standard InChI is InChI=1S/C42H50N2O12S4/c1-28-13-17-35-34(25-28)42(5)20-19-30(40(42)44(35)22-7-9-24-58(48,49)50)14-16-32(59(51,52)53)11-10-12-37-41(3,4)39-36(43(37)21-6-8-23-57(45,46)47)18-15-31-27-33(60(54,55)56)26-29(2)38(31)39/h10-18,25-27H,6-9,19-24H2,1-5H3,(H3-,45,46,47,48,49,50,51,52,53,54,55,56)/p+1. The molecule has 2 heterocycles. The first-order chi connectivity index (χ1) is 27.7. The lowest BCUT2D eigenvalue weighted by Gasteiger charge is -2.27. The lowest BCUT2D eigenvalue weighted by atomic mass is 9.80. The molecule has 0 aromatic heterocycles. The zero-order valence-corrected chi connectivity index (χ0v) is 37.3. The van der Waals surface area contributed by atoms with E-state index in [9.17, 15) is 51.9 Å². The summed E-state index contributed by atoms with van der Waals surface area (Å²) in [4.78, 5) is 1.34. The molecule has 1 fully saturated rings. The lowest BCUT2D eigenvalue weighted by Crippen LogP contribution is -2.28. The van der Waals surface area contributed by atoms with E-state index in [4.69, 9.17) is 0 Å². The van der Waals surface area contributed by atoms with E-state index in [-0.39, 0.29) is 28.4 Å². The predicted molar refractivity (Wildman–Crippen MR) is 233 cm³/mol. The fourth-order valence-corrected chi connectivity index (χ4v) is 11.3. The van der Waals surface area contributed by atoms with Crippen molar-refractivity contribution in [3.63, 3.8) is 0 Å². The van der Waals surface area contributed by atoms with Gasteiger partial charge in [-0.1, -0.05) is 43.7 Å². The molecule has 60 heavy (non-hydrogen) atoms. The topological polar surface area (TPSA) is 224 Å². The van der Waals surface area contributed by atoms with Gasteiger partial charge in [-0.3, -0.25) is 18.2 Å². The number of fused-ring (bicyclic) bond motifs is 6. The van der Waals surface area contributed by atoms with E-state index < -0.39 is 57.1 Å². The summed E-state index contributed by atoms with van der Waals surface area (Å²) in [6, 6.07) is 12.5. The number of hydrogen-bond donors (Lipinski definition) is 4. The third kappa shape index (κ3) is 9.40. The van der Waals surface area contributed by atoms with Gasteiger partial charge in [0.05, 0.1) is 26.7 Å². The highest BCUT2D eigenvalue weighted by Gasteiger charge is 2.53. The van der Waals surface area contributed by atoms with E-state index in [1.54, 1.807) is 25.1 Å². The van der Waals surface area contributed by atoms with E-state index >= 15 is 0 Å². The minimum Gasteiger partial charge on any atom is -0.344 e. The van der Waals surface area contributed by atoms with Gasteiger partial charge in [-0.15, -0.1) is 0 Å². The van der Waals surface area contributed by atoms with Crippen molar-refractivity contribution < 1.29 is 56.5 Å². The zero-order chi connectivity index (χ0) is 44.2. The molecule has 18 heteroatoms. The van der Waals surface area contributed by atoms with Gasteiger partial charge in [0, 0.05) is 47.0 Å². The number of rotatable bonds is 15. The van der Waals surface area contributed by atoms with Crippen molar-refractivity contribution in [3.8, 4) is 0 Å². The van der Waals surface area contributed by atoms with Crippen LogP contribution in [-0.4, -0.2) is 86.8 Å². The lowest BCUT2D eigenvalue weighted by molar-refractivity contribution is -0.438. The van der Waals surface area contributed by atoms with Gasteiger partial charge in [0.1, 0.15) is 6.54 Å². The molecule has 1 saturated carbocycles. The van der Waals surface area contributed by atoms with E-state index in [0.29, 0.717) is 49.0 Å². The monoisotopic (exact) mass is 903 g/mol. The van der Waals surface area contributed by atoms with Gasteiger partial charge >= 0.3 is 0 Å². The van der Waals surface area contributed by atoms with Gasteiger partial charge in [-0.05, 0) is 117 Å². The van der Waals surface area contributed by atoms with Crippen molar-refractivity contribution in [2.24, 2.45) is 0 Å². The van der Waals surface area contributed by atoms with Crippen molar-refractivity contribution in [2.75, 3.05) is 29.5 Å². The second-order valence-electron chi connectivity index (χ2n) is 16.5. The first kappa shape index (κ1) is 45.5. The molecule has 3 aromatic rings. The summed E-state index contributed by atoms with van der Waals surface area (Å²) >= 11 is 0. The summed E-state index contributed by atoms with van der Waals surface area (Å²) < 4.78 is 137. The summed E-state index contributed by atoms with van der Waals surface area (Å²) in [7, 11) is -17.5. The summed E-state index contributed by atoms with van der Waals surface area (Å²) in [5.41, 5.74) is 6.71. The first-order valence-electron chi connectivity index (χ1n) is 19.5. The average Bonchev–Trinajstić information content (AvgIpc) is 3.65. The zero-order valence-electron chi connectivity index (χ0n) is 34.1. The molecule has 2 aliphatic heterocycles. The summed E-state index contributed by atoms with van der Waals surface area (Å²) in [5, 5.41) is 1.32. The number of anilines is 1. The molecular weight excluding hydrogens is 853 g/mol. The Kier molecular flexibility index (Phi) is 12.4. The number of benzene rings is 3. The van der Waals surface area contributed by atoms with Gasteiger partial charge in [0.2, 0.25) is 5.69 Å². The Morgan fingerprint density at radius 1 is 0.817 bits per heavy atom. The Balaban J connectivity index is 1.40. The molecule has 1 aliphatic carbocycles. The van der Waals surface area contributed by atoms with Crippen LogP contribution in [-0.2, 0) is 51.3 Å². The average molecular weight is 904 g/mol. The third-order valence-corrected chi connectivity index (χ3v) is 15.1. The van der Waals surface area contributed by atoms with Crippen molar-refractivity contribution >= 4 is 68.3 Å². The Morgan fingerprint density at radius 2 is 1.48 bits per heavy atom. The number of aryl methyl sites for hydroxylation is 2. The highest BCUT2D eigenvalue weighted by molar-refractivity contribution is 7.90. The van der Waals surface area contributed by atoms with Crippen molar-refractivity contribution in [3.05, 3.63) is 111 Å². The van der Waals surface area contributed by atoms with E-state index in [1.165, 1.54) is 30.4 Å². The minimum atomic E-state index is -4.74. The second kappa shape index (κ2) is 16.4. The molecule has 0 amide bonds. The molecule has 3 aliphatic rings. The molecule has 4 N–H and O–H groups in total. The maximum Gasteiger partial charge on any atom is 0.294 e. The van der Waals surface area contributed by atoms with Crippen LogP contribution in [0.25, 0.3) is 10.8 Å². The third-order valence-electron chi connectivity index (χ3n) is 11.8. The van der Waals surface area contributed by atoms with Crippen LogP contribution in [0.5, 0.6) is 0 Å². The number of allylic oxidation sites excluding steroid dienone is 7.